The van der Waals surface area contributed by atoms with E-state index < -0.39 is 17.9 Å². The summed E-state index contributed by atoms with van der Waals surface area (Å²) in [6.45, 7) is 0.296. The van der Waals surface area contributed by atoms with Gasteiger partial charge in [0, 0.05) is 47.8 Å². The van der Waals surface area contributed by atoms with Crippen LogP contribution in [0.2, 0.25) is 10.0 Å². The predicted octanol–water partition coefficient (Wildman–Crippen LogP) is 6.16. The molecule has 0 amide bonds. The molecule has 0 unspecified atom stereocenters. The monoisotopic (exact) mass is 583 g/mol. The number of halogens is 2. The van der Waals surface area contributed by atoms with Crippen LogP contribution in [0.15, 0.2) is 58.9 Å². The Labute approximate surface area is 240 Å². The maximum absolute atomic E-state index is 13.4. The molecule has 0 aromatic heterocycles. The molecule has 0 bridgehead atoms. The number of carbonyl (C=O) groups excluding carboxylic acids is 2. The zero-order valence-electron chi connectivity index (χ0n) is 21.5. The van der Waals surface area contributed by atoms with Crippen LogP contribution >= 0.6 is 23.2 Å². The minimum atomic E-state index is -1.02. The molecular weight excluding hydrogens is 557 g/mol. The van der Waals surface area contributed by atoms with Gasteiger partial charge in [-0.05, 0) is 61.1 Å². The van der Waals surface area contributed by atoms with Crippen LogP contribution in [-0.2, 0) is 21.0 Å². The Hall–Kier alpha value is -3.62. The van der Waals surface area contributed by atoms with Crippen molar-refractivity contribution in [1.29, 1.82) is 0 Å². The second kappa shape index (κ2) is 11.5. The van der Waals surface area contributed by atoms with E-state index in [0.29, 0.717) is 55.2 Å². The molecule has 0 fully saturated rings. The number of allylic oxidation sites excluding steroid dienone is 4. The van der Waals surface area contributed by atoms with Gasteiger partial charge in [-0.1, -0.05) is 35.3 Å². The number of hydrogen-bond acceptors (Lipinski definition) is 6. The lowest BCUT2D eigenvalue weighted by atomic mass is 9.71. The van der Waals surface area contributed by atoms with Crippen molar-refractivity contribution in [1.82, 2.24) is 4.90 Å². The summed E-state index contributed by atoms with van der Waals surface area (Å²) < 4.78 is 5.89. The number of carbonyl (C=O) groups is 4. The van der Waals surface area contributed by atoms with Crippen molar-refractivity contribution >= 4 is 46.7 Å². The zero-order valence-corrected chi connectivity index (χ0v) is 23.1. The van der Waals surface area contributed by atoms with Crippen molar-refractivity contribution in [2.45, 2.75) is 57.5 Å². The summed E-state index contributed by atoms with van der Waals surface area (Å²) in [6.07, 6.45) is 3.14. The second-order valence-electron chi connectivity index (χ2n) is 10.1. The van der Waals surface area contributed by atoms with Crippen LogP contribution in [0.1, 0.15) is 72.3 Å². The fraction of sp³-hybridized carbons (Fsp3) is 0.333. The van der Waals surface area contributed by atoms with Crippen molar-refractivity contribution in [3.05, 3.63) is 85.7 Å². The Balaban J connectivity index is 1.52. The average molecular weight is 584 g/mol. The summed E-state index contributed by atoms with van der Waals surface area (Å²) in [5, 5.41) is 18.9. The number of ether oxygens (including phenoxy) is 1. The molecule has 0 atom stereocenters. The van der Waals surface area contributed by atoms with E-state index >= 15 is 0 Å². The molecule has 2 aliphatic carbocycles. The van der Waals surface area contributed by atoms with Gasteiger partial charge in [-0.2, -0.15) is 0 Å². The van der Waals surface area contributed by atoms with E-state index in [4.69, 9.17) is 33.0 Å². The third-order valence-corrected chi connectivity index (χ3v) is 8.14. The highest BCUT2D eigenvalue weighted by Gasteiger charge is 2.43. The second-order valence-corrected chi connectivity index (χ2v) is 10.9. The van der Waals surface area contributed by atoms with Gasteiger partial charge < -0.3 is 19.8 Å². The molecule has 1 heterocycles. The predicted molar refractivity (Wildman–Crippen MR) is 148 cm³/mol. The lowest BCUT2D eigenvalue weighted by molar-refractivity contribution is -0.137. The number of carboxylic acid groups (broad SMARTS) is 2. The molecule has 208 valence electrons. The molecule has 2 N–H and O–H groups in total. The van der Waals surface area contributed by atoms with E-state index in [0.717, 1.165) is 17.0 Å². The topological polar surface area (TPSA) is 121 Å². The molecule has 0 spiro atoms. The highest BCUT2D eigenvalue weighted by molar-refractivity contribution is 6.37. The number of aromatic carboxylic acids is 1. The number of hydrogen-bond donors (Lipinski definition) is 2. The summed E-state index contributed by atoms with van der Waals surface area (Å²) in [5.41, 5.74) is 4.10. The zero-order chi connectivity index (χ0) is 28.6. The van der Waals surface area contributed by atoms with Crippen LogP contribution in [0.3, 0.4) is 0 Å². The van der Waals surface area contributed by atoms with Gasteiger partial charge in [0.15, 0.2) is 17.3 Å². The summed E-state index contributed by atoms with van der Waals surface area (Å²) in [4.78, 5) is 51.2. The molecule has 2 aromatic carbocycles. The molecule has 40 heavy (non-hydrogen) atoms. The smallest absolute Gasteiger partial charge is 0.335 e. The number of rotatable bonds is 8. The van der Waals surface area contributed by atoms with Crippen LogP contribution in [-0.4, -0.2) is 45.2 Å². The van der Waals surface area contributed by atoms with E-state index in [1.54, 1.807) is 24.3 Å². The molecule has 8 nitrogen and oxygen atoms in total. The third kappa shape index (κ3) is 5.38. The molecule has 0 radical (unpaired) electrons. The standard InChI is InChI=1S/C30H27Cl2NO7/c31-19-13-18(14-20(32)29(19)40-15-16-7-9-17(10-8-16)30(38)39)26-27-21(3-1-5-23(27)34)33(12-11-25(36)37)22-4-2-6-24(35)28(22)26/h7-10,13-14,26H,1-6,11-12,15H2,(H,36,37)(H,38,39). The molecule has 1 aliphatic heterocycles. The SMILES string of the molecule is O=C(O)CCN1C2=C(C(=O)CCC2)C(c2cc(Cl)c(OCc3ccc(C(=O)O)cc3)c(Cl)c2)C2=C1CCCC2=O. The lowest BCUT2D eigenvalue weighted by Gasteiger charge is -2.44. The minimum Gasteiger partial charge on any atom is -0.486 e. The van der Waals surface area contributed by atoms with E-state index in [9.17, 15) is 24.3 Å². The van der Waals surface area contributed by atoms with Crippen LogP contribution in [0, 0.1) is 0 Å². The number of ketones is 2. The first-order chi connectivity index (χ1) is 19.2. The van der Waals surface area contributed by atoms with E-state index in [1.807, 2.05) is 4.90 Å². The molecule has 2 aromatic rings. The van der Waals surface area contributed by atoms with Crippen molar-refractivity contribution in [2.75, 3.05) is 6.54 Å². The number of carboxylic acids is 2. The highest BCUT2D eigenvalue weighted by atomic mass is 35.5. The van der Waals surface area contributed by atoms with Crippen LogP contribution in [0.4, 0.5) is 0 Å². The number of Topliss-reactive ketones (excluding diaryl/α,β-unsaturated/α-hetero) is 2. The molecule has 10 heteroatoms. The summed E-state index contributed by atoms with van der Waals surface area (Å²) in [6, 6.07) is 9.59. The van der Waals surface area contributed by atoms with Gasteiger partial charge in [0.2, 0.25) is 0 Å². The largest absolute Gasteiger partial charge is 0.486 e. The Bertz CT molecular complexity index is 1410. The maximum atomic E-state index is 13.4. The van der Waals surface area contributed by atoms with Gasteiger partial charge in [0.1, 0.15) is 6.61 Å². The molecule has 0 saturated carbocycles. The normalized spacial score (nSPS) is 17.6. The first kappa shape index (κ1) is 27.9. The van der Waals surface area contributed by atoms with Gasteiger partial charge in [0.05, 0.1) is 22.0 Å². The Morgan fingerprint density at radius 2 is 1.43 bits per heavy atom. The summed E-state index contributed by atoms with van der Waals surface area (Å²) >= 11 is 13.3. The van der Waals surface area contributed by atoms with Crippen molar-refractivity contribution in [3.63, 3.8) is 0 Å². The van der Waals surface area contributed by atoms with Gasteiger partial charge in [-0.3, -0.25) is 14.4 Å². The van der Waals surface area contributed by atoms with Crippen molar-refractivity contribution < 1.29 is 34.1 Å². The average Bonchev–Trinajstić information content (AvgIpc) is 2.91. The molecule has 5 rings (SSSR count). The van der Waals surface area contributed by atoms with Crippen LogP contribution in [0.25, 0.3) is 0 Å². The minimum absolute atomic E-state index is 0.0612. The van der Waals surface area contributed by atoms with Gasteiger partial charge in [-0.15, -0.1) is 0 Å². The Kier molecular flexibility index (Phi) is 8.01. The Morgan fingerprint density at radius 1 is 0.875 bits per heavy atom. The maximum Gasteiger partial charge on any atom is 0.335 e. The highest BCUT2D eigenvalue weighted by Crippen LogP contribution is 2.50. The lowest BCUT2D eigenvalue weighted by Crippen LogP contribution is -2.39. The van der Waals surface area contributed by atoms with Gasteiger partial charge >= 0.3 is 11.9 Å². The number of aliphatic carboxylic acids is 1. The number of nitrogens with zero attached hydrogens (tertiary/aromatic N) is 1. The number of benzene rings is 2. The summed E-state index contributed by atoms with van der Waals surface area (Å²) in [5.74, 6) is -2.49. The van der Waals surface area contributed by atoms with Gasteiger partial charge in [-0.25, -0.2) is 4.79 Å². The van der Waals surface area contributed by atoms with E-state index in [2.05, 4.69) is 0 Å². The van der Waals surface area contributed by atoms with E-state index in [1.165, 1.54) is 12.1 Å². The fourth-order valence-electron chi connectivity index (χ4n) is 5.81. The molecule has 3 aliphatic rings. The quantitative estimate of drug-likeness (QED) is 0.379. The molecule has 0 saturated heterocycles. The fourth-order valence-corrected chi connectivity index (χ4v) is 6.42. The Morgan fingerprint density at radius 3 is 1.93 bits per heavy atom. The first-order valence-corrected chi connectivity index (χ1v) is 13.9. The molecular formula is C30H27Cl2NO7. The van der Waals surface area contributed by atoms with Crippen LogP contribution < -0.4 is 4.74 Å². The van der Waals surface area contributed by atoms with Crippen molar-refractivity contribution in [2.24, 2.45) is 0 Å². The van der Waals surface area contributed by atoms with Gasteiger partial charge in [0.25, 0.3) is 0 Å². The van der Waals surface area contributed by atoms with Crippen LogP contribution in [0.5, 0.6) is 5.75 Å². The first-order valence-electron chi connectivity index (χ1n) is 13.1. The third-order valence-electron chi connectivity index (χ3n) is 7.57. The van der Waals surface area contributed by atoms with Crippen molar-refractivity contribution in [3.8, 4) is 5.75 Å². The van der Waals surface area contributed by atoms with E-state index in [-0.39, 0.29) is 52.5 Å². The summed E-state index contributed by atoms with van der Waals surface area (Å²) in [7, 11) is 0.